The zero-order valence-electron chi connectivity index (χ0n) is 11.7. The first-order valence-electron chi connectivity index (χ1n) is 6.88. The van der Waals surface area contributed by atoms with Gasteiger partial charge < -0.3 is 4.90 Å². The number of rotatable bonds is 5. The van der Waals surface area contributed by atoms with Gasteiger partial charge in [-0.25, -0.2) is 5.48 Å². The first kappa shape index (κ1) is 14.0. The van der Waals surface area contributed by atoms with Crippen molar-refractivity contribution in [1.29, 1.82) is 0 Å². The zero-order valence-corrected chi connectivity index (χ0v) is 11.7. The lowest BCUT2D eigenvalue weighted by Crippen LogP contribution is -2.30. The third-order valence-electron chi connectivity index (χ3n) is 3.64. The van der Waals surface area contributed by atoms with E-state index in [0.29, 0.717) is 12.2 Å². The summed E-state index contributed by atoms with van der Waals surface area (Å²) in [5.74, 6) is -0.176. The van der Waals surface area contributed by atoms with Crippen LogP contribution in [0.25, 0.3) is 0 Å². The molecule has 0 bridgehead atoms. The van der Waals surface area contributed by atoms with Crippen molar-refractivity contribution in [2.75, 3.05) is 26.2 Å². The van der Waals surface area contributed by atoms with Gasteiger partial charge in [-0.2, -0.15) is 0 Å². The van der Waals surface area contributed by atoms with Gasteiger partial charge in [-0.1, -0.05) is 6.07 Å². The standard InChI is InChI=1S/C15H22N2O2/c1-12-5-6-14(11-13(12)2)15(18)16-19-10-9-17-7-3-4-8-17/h5-6,11H,3-4,7-10H2,1-2H3,(H,16,18). The first-order valence-corrected chi connectivity index (χ1v) is 6.88. The molecular formula is C15H22N2O2. The number of hydrogen-bond acceptors (Lipinski definition) is 3. The minimum absolute atomic E-state index is 0.176. The fourth-order valence-corrected chi connectivity index (χ4v) is 2.24. The molecule has 0 unspecified atom stereocenters. The molecule has 0 saturated carbocycles. The average molecular weight is 262 g/mol. The number of carbonyl (C=O) groups is 1. The molecule has 1 aliphatic heterocycles. The second-order valence-electron chi connectivity index (χ2n) is 5.13. The summed E-state index contributed by atoms with van der Waals surface area (Å²) in [7, 11) is 0. The number of benzene rings is 1. The molecule has 1 aliphatic rings. The van der Waals surface area contributed by atoms with Crippen LogP contribution in [0.2, 0.25) is 0 Å². The number of likely N-dealkylation sites (tertiary alicyclic amines) is 1. The van der Waals surface area contributed by atoms with Crippen molar-refractivity contribution in [3.63, 3.8) is 0 Å². The van der Waals surface area contributed by atoms with Crippen LogP contribution >= 0.6 is 0 Å². The van der Waals surface area contributed by atoms with Crippen molar-refractivity contribution >= 4 is 5.91 Å². The second kappa shape index (κ2) is 6.68. The molecule has 1 saturated heterocycles. The molecule has 1 aromatic rings. The van der Waals surface area contributed by atoms with E-state index in [9.17, 15) is 4.79 Å². The topological polar surface area (TPSA) is 41.6 Å². The Morgan fingerprint density at radius 1 is 1.26 bits per heavy atom. The van der Waals surface area contributed by atoms with Gasteiger partial charge in [0.15, 0.2) is 0 Å². The number of aryl methyl sites for hydroxylation is 2. The Bertz CT molecular complexity index is 440. The average Bonchev–Trinajstić information content (AvgIpc) is 2.91. The lowest BCUT2D eigenvalue weighted by Gasteiger charge is -2.14. The molecule has 2 rings (SSSR count). The molecule has 0 aromatic heterocycles. The summed E-state index contributed by atoms with van der Waals surface area (Å²) in [6.45, 7) is 7.75. The van der Waals surface area contributed by atoms with Crippen LogP contribution in [0.15, 0.2) is 18.2 Å². The number of hydroxylamine groups is 1. The van der Waals surface area contributed by atoms with E-state index in [1.54, 1.807) is 0 Å². The SMILES string of the molecule is Cc1ccc(C(=O)NOCCN2CCCC2)cc1C. The summed E-state index contributed by atoms with van der Waals surface area (Å²) < 4.78 is 0. The van der Waals surface area contributed by atoms with Crippen LogP contribution in [0.4, 0.5) is 0 Å². The largest absolute Gasteiger partial charge is 0.301 e. The number of nitrogens with one attached hydrogen (secondary N) is 1. The highest BCUT2D eigenvalue weighted by Crippen LogP contribution is 2.09. The predicted octanol–water partition coefficient (Wildman–Crippen LogP) is 2.06. The van der Waals surface area contributed by atoms with Gasteiger partial charge in [-0.3, -0.25) is 9.63 Å². The van der Waals surface area contributed by atoms with Crippen molar-refractivity contribution in [3.05, 3.63) is 34.9 Å². The molecule has 4 nitrogen and oxygen atoms in total. The second-order valence-corrected chi connectivity index (χ2v) is 5.13. The van der Waals surface area contributed by atoms with Crippen LogP contribution in [0.1, 0.15) is 34.3 Å². The van der Waals surface area contributed by atoms with Crippen LogP contribution in [0.3, 0.4) is 0 Å². The summed E-state index contributed by atoms with van der Waals surface area (Å²) >= 11 is 0. The van der Waals surface area contributed by atoms with E-state index in [0.717, 1.165) is 25.2 Å². The lowest BCUT2D eigenvalue weighted by molar-refractivity contribution is 0.0244. The smallest absolute Gasteiger partial charge is 0.274 e. The van der Waals surface area contributed by atoms with Gasteiger partial charge in [0.25, 0.3) is 5.91 Å². The van der Waals surface area contributed by atoms with Crippen molar-refractivity contribution in [2.45, 2.75) is 26.7 Å². The van der Waals surface area contributed by atoms with Gasteiger partial charge >= 0.3 is 0 Å². The van der Waals surface area contributed by atoms with Crippen molar-refractivity contribution in [2.24, 2.45) is 0 Å². The highest BCUT2D eigenvalue weighted by molar-refractivity contribution is 5.93. The third kappa shape index (κ3) is 4.04. The minimum Gasteiger partial charge on any atom is -0.301 e. The maximum Gasteiger partial charge on any atom is 0.274 e. The molecule has 0 spiro atoms. The molecule has 1 amide bonds. The molecule has 1 N–H and O–H groups in total. The lowest BCUT2D eigenvalue weighted by atomic mass is 10.1. The van der Waals surface area contributed by atoms with Gasteiger partial charge in [0, 0.05) is 12.1 Å². The van der Waals surface area contributed by atoms with E-state index in [1.165, 1.54) is 18.4 Å². The molecule has 0 aliphatic carbocycles. The molecule has 104 valence electrons. The van der Waals surface area contributed by atoms with Gasteiger partial charge in [-0.15, -0.1) is 0 Å². The Balaban J connectivity index is 1.72. The van der Waals surface area contributed by atoms with E-state index in [4.69, 9.17) is 4.84 Å². The summed E-state index contributed by atoms with van der Waals surface area (Å²) in [5.41, 5.74) is 5.45. The normalized spacial score (nSPS) is 15.7. The third-order valence-corrected chi connectivity index (χ3v) is 3.64. The van der Waals surface area contributed by atoms with Crippen LogP contribution in [-0.4, -0.2) is 37.0 Å². The van der Waals surface area contributed by atoms with E-state index in [2.05, 4.69) is 10.4 Å². The molecule has 1 aromatic carbocycles. The molecular weight excluding hydrogens is 240 g/mol. The Hall–Kier alpha value is -1.39. The molecule has 0 radical (unpaired) electrons. The number of nitrogens with zero attached hydrogens (tertiary/aromatic N) is 1. The van der Waals surface area contributed by atoms with Gasteiger partial charge in [-0.05, 0) is 63.0 Å². The van der Waals surface area contributed by atoms with Crippen molar-refractivity contribution in [3.8, 4) is 0 Å². The van der Waals surface area contributed by atoms with Gasteiger partial charge in [0.2, 0.25) is 0 Å². The van der Waals surface area contributed by atoms with Crippen molar-refractivity contribution in [1.82, 2.24) is 10.4 Å². The molecule has 1 fully saturated rings. The first-order chi connectivity index (χ1) is 9.16. The van der Waals surface area contributed by atoms with E-state index >= 15 is 0 Å². The molecule has 1 heterocycles. The molecule has 0 atom stereocenters. The number of carbonyl (C=O) groups excluding carboxylic acids is 1. The molecule has 19 heavy (non-hydrogen) atoms. The van der Waals surface area contributed by atoms with Crippen LogP contribution in [0, 0.1) is 13.8 Å². The fraction of sp³-hybridized carbons (Fsp3) is 0.533. The van der Waals surface area contributed by atoms with Crippen LogP contribution < -0.4 is 5.48 Å². The summed E-state index contributed by atoms with van der Waals surface area (Å²) in [5, 5.41) is 0. The molecule has 4 heteroatoms. The minimum atomic E-state index is -0.176. The van der Waals surface area contributed by atoms with Crippen LogP contribution in [-0.2, 0) is 4.84 Å². The Kier molecular flexibility index (Phi) is 4.93. The summed E-state index contributed by atoms with van der Waals surface area (Å²) in [4.78, 5) is 19.4. The van der Waals surface area contributed by atoms with E-state index in [1.807, 2.05) is 32.0 Å². The van der Waals surface area contributed by atoms with Crippen molar-refractivity contribution < 1.29 is 9.63 Å². The van der Waals surface area contributed by atoms with E-state index in [-0.39, 0.29) is 5.91 Å². The van der Waals surface area contributed by atoms with Crippen LogP contribution in [0.5, 0.6) is 0 Å². The summed E-state index contributed by atoms with van der Waals surface area (Å²) in [6.07, 6.45) is 2.55. The Labute approximate surface area is 114 Å². The van der Waals surface area contributed by atoms with Gasteiger partial charge in [0.05, 0.1) is 6.61 Å². The van der Waals surface area contributed by atoms with Gasteiger partial charge in [0.1, 0.15) is 0 Å². The monoisotopic (exact) mass is 262 g/mol. The highest BCUT2D eigenvalue weighted by atomic mass is 16.6. The fourth-order valence-electron chi connectivity index (χ4n) is 2.24. The highest BCUT2D eigenvalue weighted by Gasteiger charge is 2.11. The summed E-state index contributed by atoms with van der Waals surface area (Å²) in [6, 6.07) is 5.66. The predicted molar refractivity (Wildman–Crippen MR) is 75.0 cm³/mol. The quantitative estimate of drug-likeness (QED) is 0.652. The Morgan fingerprint density at radius 2 is 2.00 bits per heavy atom. The maximum absolute atomic E-state index is 11.9. The maximum atomic E-state index is 11.9. The number of amides is 1. The van der Waals surface area contributed by atoms with E-state index < -0.39 is 0 Å². The Morgan fingerprint density at radius 3 is 2.68 bits per heavy atom. The zero-order chi connectivity index (χ0) is 13.7. The number of hydrogen-bond donors (Lipinski definition) is 1.